The molecule has 2 rings (SSSR count). The van der Waals surface area contributed by atoms with Gasteiger partial charge in [-0.05, 0) is 50.0 Å². The summed E-state index contributed by atoms with van der Waals surface area (Å²) in [4.78, 5) is 0. The van der Waals surface area contributed by atoms with Crippen LogP contribution < -0.4 is 10.5 Å². The van der Waals surface area contributed by atoms with Gasteiger partial charge in [-0.1, -0.05) is 20.3 Å². The van der Waals surface area contributed by atoms with Crippen molar-refractivity contribution in [1.82, 2.24) is 9.03 Å². The minimum Gasteiger partial charge on any atom is -0.330 e. The maximum absolute atomic E-state index is 12.4. The first-order chi connectivity index (χ1) is 9.32. The molecule has 1 heterocycles. The van der Waals surface area contributed by atoms with Crippen LogP contribution in [-0.4, -0.2) is 38.4 Å². The summed E-state index contributed by atoms with van der Waals surface area (Å²) in [6.45, 7) is 6.32. The van der Waals surface area contributed by atoms with E-state index >= 15 is 0 Å². The summed E-state index contributed by atoms with van der Waals surface area (Å²) >= 11 is 0. The molecular formula is C14H29N3O2S. The summed E-state index contributed by atoms with van der Waals surface area (Å²) < 4.78 is 29.4. The fraction of sp³-hybridized carbons (Fsp3) is 1.00. The largest absolute Gasteiger partial charge is 0.330 e. The van der Waals surface area contributed by atoms with Crippen molar-refractivity contribution in [2.45, 2.75) is 58.4 Å². The van der Waals surface area contributed by atoms with E-state index in [2.05, 4.69) is 18.6 Å². The monoisotopic (exact) mass is 303 g/mol. The van der Waals surface area contributed by atoms with Crippen molar-refractivity contribution in [3.05, 3.63) is 0 Å². The smallest absolute Gasteiger partial charge is 0.279 e. The van der Waals surface area contributed by atoms with Gasteiger partial charge >= 0.3 is 0 Å². The first-order valence-corrected chi connectivity index (χ1v) is 9.24. The molecule has 0 aromatic carbocycles. The molecule has 1 unspecified atom stereocenters. The average molecular weight is 303 g/mol. The van der Waals surface area contributed by atoms with E-state index in [9.17, 15) is 8.42 Å². The van der Waals surface area contributed by atoms with Gasteiger partial charge in [0.2, 0.25) is 0 Å². The van der Waals surface area contributed by atoms with E-state index in [0.717, 1.165) is 32.1 Å². The molecule has 1 saturated heterocycles. The normalized spacial score (nSPS) is 29.4. The number of piperidine rings is 1. The molecule has 6 heteroatoms. The SMILES string of the molecule is CC1(C)CCCC(NS(=O)(=O)N2CCC(CN)CC2)C1. The van der Waals surface area contributed by atoms with Crippen LogP contribution in [0.5, 0.6) is 0 Å². The minimum atomic E-state index is -3.32. The average Bonchev–Trinajstić information content (AvgIpc) is 2.37. The molecule has 0 aromatic rings. The van der Waals surface area contributed by atoms with Gasteiger partial charge in [0.05, 0.1) is 0 Å². The Kier molecular flexibility index (Phi) is 5.10. The van der Waals surface area contributed by atoms with Gasteiger partial charge < -0.3 is 5.73 Å². The Labute approximate surface area is 123 Å². The van der Waals surface area contributed by atoms with E-state index in [1.807, 2.05) is 0 Å². The number of nitrogens with zero attached hydrogens (tertiary/aromatic N) is 1. The highest BCUT2D eigenvalue weighted by molar-refractivity contribution is 7.87. The van der Waals surface area contributed by atoms with Gasteiger partial charge in [0, 0.05) is 19.1 Å². The van der Waals surface area contributed by atoms with Gasteiger partial charge in [0.15, 0.2) is 0 Å². The van der Waals surface area contributed by atoms with Crippen LogP contribution in [-0.2, 0) is 10.2 Å². The number of nitrogens with two attached hydrogens (primary N) is 1. The molecule has 1 aliphatic heterocycles. The van der Waals surface area contributed by atoms with E-state index in [4.69, 9.17) is 5.73 Å². The Morgan fingerprint density at radius 2 is 1.90 bits per heavy atom. The lowest BCUT2D eigenvalue weighted by atomic mass is 9.75. The van der Waals surface area contributed by atoms with Gasteiger partial charge in [-0.3, -0.25) is 0 Å². The lowest BCUT2D eigenvalue weighted by Crippen LogP contribution is -2.50. The van der Waals surface area contributed by atoms with Crippen LogP contribution in [0.25, 0.3) is 0 Å². The zero-order valence-electron chi connectivity index (χ0n) is 12.8. The van der Waals surface area contributed by atoms with Gasteiger partial charge in [0.25, 0.3) is 10.2 Å². The molecule has 5 nitrogen and oxygen atoms in total. The standard InChI is InChI=1S/C14H29N3O2S/c1-14(2)7-3-4-13(10-14)16-20(18,19)17-8-5-12(11-15)6-9-17/h12-13,16H,3-11,15H2,1-2H3. The number of hydrogen-bond donors (Lipinski definition) is 2. The molecule has 20 heavy (non-hydrogen) atoms. The van der Waals surface area contributed by atoms with Crippen LogP contribution in [0.1, 0.15) is 52.4 Å². The zero-order chi connectivity index (χ0) is 14.8. The molecular weight excluding hydrogens is 274 g/mol. The molecule has 118 valence electrons. The van der Waals surface area contributed by atoms with Gasteiger partial charge in [-0.2, -0.15) is 17.4 Å². The third-order valence-electron chi connectivity index (χ3n) is 4.77. The molecule has 0 amide bonds. The van der Waals surface area contributed by atoms with Gasteiger partial charge in [-0.25, -0.2) is 0 Å². The molecule has 0 radical (unpaired) electrons. The van der Waals surface area contributed by atoms with E-state index in [0.29, 0.717) is 25.6 Å². The fourth-order valence-electron chi connectivity index (χ4n) is 3.47. The second kappa shape index (κ2) is 6.30. The Balaban J connectivity index is 1.91. The third-order valence-corrected chi connectivity index (χ3v) is 6.44. The molecule has 1 atom stereocenters. The maximum atomic E-state index is 12.4. The molecule has 2 aliphatic rings. The number of rotatable bonds is 4. The Morgan fingerprint density at radius 1 is 1.25 bits per heavy atom. The lowest BCUT2D eigenvalue weighted by molar-refractivity contribution is 0.208. The molecule has 1 aliphatic carbocycles. The number of hydrogen-bond acceptors (Lipinski definition) is 3. The van der Waals surface area contributed by atoms with E-state index in [1.165, 1.54) is 6.42 Å². The Morgan fingerprint density at radius 3 is 2.45 bits per heavy atom. The second-order valence-corrected chi connectivity index (χ2v) is 8.86. The summed E-state index contributed by atoms with van der Waals surface area (Å²) in [5.41, 5.74) is 5.90. The van der Waals surface area contributed by atoms with Crippen molar-refractivity contribution in [2.75, 3.05) is 19.6 Å². The van der Waals surface area contributed by atoms with E-state index < -0.39 is 10.2 Å². The molecule has 0 aromatic heterocycles. The minimum absolute atomic E-state index is 0.0935. The number of nitrogens with one attached hydrogen (secondary N) is 1. The summed E-state index contributed by atoms with van der Waals surface area (Å²) in [6.07, 6.45) is 5.96. The van der Waals surface area contributed by atoms with Crippen LogP contribution >= 0.6 is 0 Å². The van der Waals surface area contributed by atoms with Crippen molar-refractivity contribution in [3.63, 3.8) is 0 Å². The maximum Gasteiger partial charge on any atom is 0.279 e. The van der Waals surface area contributed by atoms with Crippen molar-refractivity contribution in [3.8, 4) is 0 Å². The Hall–Kier alpha value is -0.170. The first kappa shape index (κ1) is 16.2. The summed E-state index contributed by atoms with van der Waals surface area (Å²) in [5, 5.41) is 0. The summed E-state index contributed by atoms with van der Waals surface area (Å²) in [7, 11) is -3.32. The molecule has 0 spiro atoms. The predicted molar refractivity (Wildman–Crippen MR) is 81.4 cm³/mol. The van der Waals surface area contributed by atoms with Gasteiger partial charge in [0.1, 0.15) is 0 Å². The van der Waals surface area contributed by atoms with Crippen LogP contribution in [0.3, 0.4) is 0 Å². The Bertz CT molecular complexity index is 414. The van der Waals surface area contributed by atoms with E-state index in [1.54, 1.807) is 4.31 Å². The second-order valence-electron chi connectivity index (χ2n) is 7.16. The van der Waals surface area contributed by atoms with Crippen molar-refractivity contribution >= 4 is 10.2 Å². The third kappa shape index (κ3) is 4.16. The van der Waals surface area contributed by atoms with Crippen LogP contribution in [0.15, 0.2) is 0 Å². The first-order valence-electron chi connectivity index (χ1n) is 7.80. The summed E-state index contributed by atoms with van der Waals surface area (Å²) in [6, 6.07) is 0.0935. The van der Waals surface area contributed by atoms with Crippen molar-refractivity contribution in [2.24, 2.45) is 17.1 Å². The molecule has 1 saturated carbocycles. The highest BCUT2D eigenvalue weighted by atomic mass is 32.2. The topological polar surface area (TPSA) is 75.4 Å². The fourth-order valence-corrected chi connectivity index (χ4v) is 4.93. The van der Waals surface area contributed by atoms with Crippen LogP contribution in [0.2, 0.25) is 0 Å². The van der Waals surface area contributed by atoms with Crippen LogP contribution in [0.4, 0.5) is 0 Å². The van der Waals surface area contributed by atoms with Crippen molar-refractivity contribution < 1.29 is 8.42 Å². The summed E-state index contributed by atoms with van der Waals surface area (Å²) in [5.74, 6) is 0.482. The lowest BCUT2D eigenvalue weighted by Gasteiger charge is -2.37. The van der Waals surface area contributed by atoms with Gasteiger partial charge in [-0.15, -0.1) is 0 Å². The molecule has 3 N–H and O–H groups in total. The van der Waals surface area contributed by atoms with Crippen molar-refractivity contribution in [1.29, 1.82) is 0 Å². The zero-order valence-corrected chi connectivity index (χ0v) is 13.6. The van der Waals surface area contributed by atoms with Crippen LogP contribution in [0, 0.1) is 11.3 Å². The highest BCUT2D eigenvalue weighted by Gasteiger charge is 2.33. The highest BCUT2D eigenvalue weighted by Crippen LogP contribution is 2.35. The molecule has 2 fully saturated rings. The predicted octanol–water partition coefficient (Wildman–Crippen LogP) is 1.46. The van der Waals surface area contributed by atoms with E-state index in [-0.39, 0.29) is 11.5 Å². The molecule has 0 bridgehead atoms. The quantitative estimate of drug-likeness (QED) is 0.825.